The van der Waals surface area contributed by atoms with Gasteiger partial charge in [0.1, 0.15) is 35.4 Å². The highest BCUT2D eigenvalue weighted by atomic mass is 32.1. The molecule has 188 valence electrons. The summed E-state index contributed by atoms with van der Waals surface area (Å²) in [5.74, 6) is -4.79. The molecule has 0 amide bonds. The molecule has 0 saturated heterocycles. The number of carboxylic acid groups (broad SMARTS) is 1. The average molecular weight is 522 g/mol. The molecule has 0 unspecified atom stereocenters. The van der Waals surface area contributed by atoms with E-state index in [0.717, 1.165) is 35.6 Å². The fraction of sp³-hybridized carbons (Fsp3) is 0.174. The number of aromatic carboxylic acids is 1. The molecule has 0 fully saturated rings. The number of aromatic nitrogens is 2. The van der Waals surface area contributed by atoms with E-state index in [4.69, 9.17) is 14.2 Å². The van der Waals surface area contributed by atoms with Crippen LogP contribution in [0.1, 0.15) is 15.2 Å². The zero-order chi connectivity index (χ0) is 26.0. The van der Waals surface area contributed by atoms with E-state index in [2.05, 4.69) is 4.98 Å². The highest BCUT2D eigenvalue weighted by Gasteiger charge is 2.21. The molecule has 2 N–H and O–H groups in total. The maximum absolute atomic E-state index is 14.7. The maximum Gasteiger partial charge on any atom is 0.346 e. The van der Waals surface area contributed by atoms with Crippen LogP contribution in [-0.4, -0.2) is 41.0 Å². The van der Waals surface area contributed by atoms with E-state index in [0.29, 0.717) is 4.57 Å². The molecule has 0 aliphatic heterocycles. The number of fused-ring (bicyclic) bond motifs is 1. The van der Waals surface area contributed by atoms with Crippen LogP contribution < -0.4 is 20.7 Å². The van der Waals surface area contributed by atoms with Gasteiger partial charge in [-0.1, -0.05) is 0 Å². The summed E-state index contributed by atoms with van der Waals surface area (Å²) >= 11 is 0.734. The summed E-state index contributed by atoms with van der Waals surface area (Å²) in [6, 6.07) is 5.18. The van der Waals surface area contributed by atoms with Gasteiger partial charge in [-0.15, -0.1) is 11.3 Å². The zero-order valence-corrected chi connectivity index (χ0v) is 19.3. The van der Waals surface area contributed by atoms with Crippen molar-refractivity contribution in [1.29, 1.82) is 0 Å². The Hall–Kier alpha value is -4.10. The lowest BCUT2D eigenvalue weighted by Crippen LogP contribution is -2.34. The molecule has 0 atom stereocenters. The molecule has 0 bridgehead atoms. The van der Waals surface area contributed by atoms with Gasteiger partial charge in [-0.3, -0.25) is 4.79 Å². The number of carbonyl (C=O) groups is 1. The molecule has 0 radical (unpaired) electrons. The number of ether oxygens (including phenoxy) is 3. The topological polar surface area (TPSA) is 120 Å². The van der Waals surface area contributed by atoms with E-state index in [1.807, 2.05) is 0 Å². The molecular formula is C23H17F3N2O7S. The Labute approximate surface area is 203 Å². The van der Waals surface area contributed by atoms with Gasteiger partial charge in [-0.25, -0.2) is 27.3 Å². The van der Waals surface area contributed by atoms with Crippen LogP contribution >= 0.6 is 11.3 Å². The van der Waals surface area contributed by atoms with Gasteiger partial charge in [0.25, 0.3) is 5.56 Å². The normalized spacial score (nSPS) is 11.1. The second kappa shape index (κ2) is 10.3. The van der Waals surface area contributed by atoms with Gasteiger partial charge < -0.3 is 24.3 Å². The van der Waals surface area contributed by atoms with Crippen LogP contribution in [0.15, 0.2) is 45.3 Å². The van der Waals surface area contributed by atoms with Crippen molar-refractivity contribution in [3.8, 4) is 17.2 Å². The summed E-state index contributed by atoms with van der Waals surface area (Å²) in [7, 11) is 1.44. The predicted octanol–water partition coefficient (Wildman–Crippen LogP) is 3.46. The highest BCUT2D eigenvalue weighted by Crippen LogP contribution is 2.27. The number of nitrogens with zero attached hydrogens (tertiary/aromatic N) is 1. The second-order valence-electron chi connectivity index (χ2n) is 7.31. The van der Waals surface area contributed by atoms with Gasteiger partial charge in [0, 0.05) is 18.6 Å². The van der Waals surface area contributed by atoms with Crippen LogP contribution in [0.25, 0.3) is 16.6 Å². The quantitative estimate of drug-likeness (QED) is 0.323. The van der Waals surface area contributed by atoms with Crippen molar-refractivity contribution in [3.63, 3.8) is 0 Å². The molecule has 36 heavy (non-hydrogen) atoms. The molecule has 4 aromatic rings. The van der Waals surface area contributed by atoms with Crippen molar-refractivity contribution in [2.24, 2.45) is 0 Å². The van der Waals surface area contributed by atoms with Gasteiger partial charge in [0.2, 0.25) is 0 Å². The fourth-order valence-corrected chi connectivity index (χ4v) is 4.23. The second-order valence-corrected chi connectivity index (χ2v) is 8.19. The summed E-state index contributed by atoms with van der Waals surface area (Å²) in [6.45, 7) is -0.276. The minimum Gasteiger partial charge on any atom is -0.491 e. The number of carboxylic acids is 1. The minimum absolute atomic E-state index is 0.000885. The molecular weight excluding hydrogens is 505 g/mol. The molecule has 2 heterocycles. The first-order chi connectivity index (χ1) is 17.2. The molecule has 13 heteroatoms. The number of nitrogens with one attached hydrogen (secondary N) is 1. The lowest BCUT2D eigenvalue weighted by Gasteiger charge is -2.14. The first kappa shape index (κ1) is 25.0. The van der Waals surface area contributed by atoms with Gasteiger partial charge in [-0.2, -0.15) is 0 Å². The maximum atomic E-state index is 14.7. The SMILES string of the molecule is COCCOc1ccc(F)c(F)c1COc1ccc(F)c(-n2c(=O)[nH]c3csc(C(=O)O)c3c2=O)c1. The Morgan fingerprint density at radius 1 is 1.08 bits per heavy atom. The van der Waals surface area contributed by atoms with E-state index in [9.17, 15) is 32.7 Å². The van der Waals surface area contributed by atoms with Crippen LogP contribution in [0.4, 0.5) is 13.2 Å². The van der Waals surface area contributed by atoms with Gasteiger partial charge >= 0.3 is 11.7 Å². The van der Waals surface area contributed by atoms with Crippen molar-refractivity contribution >= 4 is 28.2 Å². The Morgan fingerprint density at radius 3 is 2.56 bits per heavy atom. The summed E-state index contributed by atoms with van der Waals surface area (Å²) in [6.07, 6.45) is 0. The summed E-state index contributed by atoms with van der Waals surface area (Å²) in [5, 5.41) is 10.3. The van der Waals surface area contributed by atoms with Gasteiger partial charge in [0.05, 0.1) is 28.8 Å². The summed E-state index contributed by atoms with van der Waals surface area (Å²) < 4.78 is 59.2. The Morgan fingerprint density at radius 2 is 1.83 bits per heavy atom. The van der Waals surface area contributed by atoms with Crippen molar-refractivity contribution in [1.82, 2.24) is 9.55 Å². The van der Waals surface area contributed by atoms with E-state index in [-0.39, 0.29) is 46.1 Å². The Kier molecular flexibility index (Phi) is 7.12. The third-order valence-corrected chi connectivity index (χ3v) is 6.05. The van der Waals surface area contributed by atoms with Crippen molar-refractivity contribution in [2.75, 3.05) is 20.3 Å². The number of aromatic amines is 1. The third-order valence-electron chi connectivity index (χ3n) is 5.09. The predicted molar refractivity (Wildman–Crippen MR) is 123 cm³/mol. The number of H-pyrrole nitrogens is 1. The molecule has 4 rings (SSSR count). The largest absolute Gasteiger partial charge is 0.491 e. The number of benzene rings is 2. The van der Waals surface area contributed by atoms with Crippen molar-refractivity contribution in [3.05, 3.63) is 84.4 Å². The van der Waals surface area contributed by atoms with Crippen LogP contribution in [0.3, 0.4) is 0 Å². The fourth-order valence-electron chi connectivity index (χ4n) is 3.40. The standard InChI is InChI=1S/C23H17F3N2O7S/c1-33-6-7-34-17-5-4-14(25)19(26)12(17)9-35-11-2-3-13(24)16(8-11)28-21(29)18-15(27-23(28)32)10-36-20(18)22(30)31/h2-5,8,10H,6-7,9H2,1H3,(H,27,32)(H,30,31). The van der Waals surface area contributed by atoms with Crippen LogP contribution in [0.5, 0.6) is 11.5 Å². The number of rotatable bonds is 9. The van der Waals surface area contributed by atoms with E-state index < -0.39 is 47.0 Å². The average Bonchev–Trinajstić information content (AvgIpc) is 3.27. The number of halogens is 3. The van der Waals surface area contributed by atoms with Crippen LogP contribution in [0, 0.1) is 17.5 Å². The Balaban J connectivity index is 1.71. The molecule has 0 saturated carbocycles. The first-order valence-electron chi connectivity index (χ1n) is 10.2. The zero-order valence-electron chi connectivity index (χ0n) is 18.5. The third kappa shape index (κ3) is 4.70. The number of methoxy groups -OCH3 is 1. The van der Waals surface area contributed by atoms with E-state index in [1.165, 1.54) is 18.6 Å². The number of hydrogen-bond acceptors (Lipinski definition) is 7. The molecule has 0 aliphatic rings. The minimum atomic E-state index is -1.39. The lowest BCUT2D eigenvalue weighted by atomic mass is 10.2. The number of thiophene rings is 1. The first-order valence-corrected chi connectivity index (χ1v) is 11.1. The van der Waals surface area contributed by atoms with Crippen LogP contribution in [0.2, 0.25) is 0 Å². The highest BCUT2D eigenvalue weighted by molar-refractivity contribution is 7.13. The van der Waals surface area contributed by atoms with Gasteiger partial charge in [-0.05, 0) is 24.3 Å². The van der Waals surface area contributed by atoms with Crippen molar-refractivity contribution in [2.45, 2.75) is 6.61 Å². The lowest BCUT2D eigenvalue weighted by molar-refractivity contribution is 0.0704. The monoisotopic (exact) mass is 522 g/mol. The number of hydrogen-bond donors (Lipinski definition) is 2. The van der Waals surface area contributed by atoms with E-state index in [1.54, 1.807) is 0 Å². The summed E-state index contributed by atoms with van der Waals surface area (Å²) in [4.78, 5) is 39.1. The van der Waals surface area contributed by atoms with Crippen molar-refractivity contribution < 1.29 is 37.3 Å². The molecule has 0 aliphatic carbocycles. The Bertz CT molecular complexity index is 1580. The molecule has 9 nitrogen and oxygen atoms in total. The molecule has 0 spiro atoms. The smallest absolute Gasteiger partial charge is 0.346 e. The van der Waals surface area contributed by atoms with Gasteiger partial charge in [0.15, 0.2) is 11.6 Å². The molecule has 2 aromatic heterocycles. The summed E-state index contributed by atoms with van der Waals surface area (Å²) in [5.41, 5.74) is -2.84. The van der Waals surface area contributed by atoms with E-state index >= 15 is 0 Å². The molecule has 2 aromatic carbocycles. The van der Waals surface area contributed by atoms with Crippen LogP contribution in [-0.2, 0) is 11.3 Å².